The van der Waals surface area contributed by atoms with Crippen LogP contribution in [0.15, 0.2) is 187 Å². The normalized spacial score (nSPS) is 14.2. The van der Waals surface area contributed by atoms with E-state index < -0.39 is 60.3 Å². The van der Waals surface area contributed by atoms with E-state index in [0.29, 0.717) is 187 Å². The molecule has 4 amide bonds. The number of aryl methyl sites for hydroxylation is 4. The topological polar surface area (TPSA) is 354 Å². The van der Waals surface area contributed by atoms with Crippen molar-refractivity contribution in [2.45, 2.75) is 20.4 Å². The molecule has 0 atom stereocenters. The summed E-state index contributed by atoms with van der Waals surface area (Å²) in [7, 11) is 8.41. The van der Waals surface area contributed by atoms with Gasteiger partial charge >= 0.3 is 39.7 Å². The molecule has 0 unspecified atom stereocenters. The fraction of sp³-hybridized carbons (Fsp3) is 0.299. The van der Waals surface area contributed by atoms with Gasteiger partial charge in [0.1, 0.15) is 28.4 Å². The van der Waals surface area contributed by atoms with Crippen molar-refractivity contribution in [1.82, 2.24) is 42.8 Å². The fourth-order valence-corrected chi connectivity index (χ4v) is 17.0. The number of anilines is 4. The molecule has 12 aromatic rings. The van der Waals surface area contributed by atoms with Gasteiger partial charge in [0.25, 0.3) is 29.2 Å². The smallest absolute Gasteiger partial charge is 0.357 e. The third kappa shape index (κ3) is 18.9. The summed E-state index contributed by atoms with van der Waals surface area (Å²) in [6.07, 6.45) is 1.43. The second-order valence-electron chi connectivity index (χ2n) is 30.1. The largest absolute Gasteiger partial charge is 0.462 e. The number of benzene rings is 6. The molecule has 0 aliphatic carbocycles. The Balaban J connectivity index is 0.000000144. The van der Waals surface area contributed by atoms with Gasteiger partial charge in [-0.2, -0.15) is 0 Å². The standard InChI is InChI=1S/C28H33ClN4O4.C21H19FN4O4.C19H17ClN4O5.C19H17ClN4O4S/c1-5-37-28(36)24-25(22-18-19(2)6-11-23(22)33(27(24)35)17-12-30(3)4)31-13-15-32(16-14-31)26(34)20-7-9-21(29)10-8-20;1-23-17-5-3-2-4-16(17)18(19(21(23)28)26(29)30)24-10-12-25(13-11-24)20(27)14-6-8-15(22)9-7-14;2*1-21-14-5-4-12(20)11-13(14)16(17(19(21)26)24(27)28)22-6-8-23(9-7-22)18(25)15-3-2-10-29-15/h6-11,18H,5,12-17H2,1-4H3;2-9H,10-13H2,1H3;2*2-5,10-11H,6-9H2,1H3. The predicted octanol–water partition coefficient (Wildman–Crippen LogP) is 12.0. The van der Waals surface area contributed by atoms with Crippen LogP contribution in [-0.4, -0.2) is 219 Å². The number of fused-ring (bicyclic) bond motifs is 4. The molecule has 6 aromatic carbocycles. The minimum absolute atomic E-state index is 0.0500. The SMILES string of the molecule is CCOC(=O)c1c(N2CCN(C(=O)c3ccc(Cl)cc3)CC2)c2cc(C)ccc2n(CCN(C)C)c1=O.Cn1c(=O)c([N+](=O)[O-])c(N2CCN(C(=O)c3ccc(F)cc3)CC2)c2ccccc21.Cn1c(=O)c([N+](=O)[O-])c(N2CCN(C(=O)c3ccco3)CC2)c2cc(Cl)ccc21.Cn1c(=O)c([N+](=O)[O-])c(N2CCN(C(=O)c3cccs3)CC2)c2cc(Cl)ccc21. The Morgan fingerprint density at radius 3 is 1.30 bits per heavy atom. The number of likely N-dealkylation sites (N-methyl/N-ethyl adjacent to an activating group) is 1. The number of piperazine rings is 4. The van der Waals surface area contributed by atoms with E-state index in [1.54, 1.807) is 149 Å². The molecule has 4 fully saturated rings. The number of amides is 4. The molecule has 4 saturated heterocycles. The van der Waals surface area contributed by atoms with Crippen LogP contribution >= 0.6 is 46.1 Å². The lowest BCUT2D eigenvalue weighted by Gasteiger charge is -2.37. The number of halogens is 4. The number of para-hydroxylation sites is 1. The van der Waals surface area contributed by atoms with Gasteiger partial charge in [0.2, 0.25) is 0 Å². The third-order valence-corrected chi connectivity index (χ3v) is 23.8. The van der Waals surface area contributed by atoms with Crippen LogP contribution in [0.2, 0.25) is 15.1 Å². The number of nitro groups is 3. The Hall–Kier alpha value is -13.4. The molecule has 38 heteroatoms. The maximum absolute atomic E-state index is 13.8. The average molecular weight is 1790 g/mol. The first-order chi connectivity index (χ1) is 59.8. The van der Waals surface area contributed by atoms with E-state index in [1.165, 1.54) is 76.7 Å². The minimum atomic E-state index is -0.686. The molecule has 10 heterocycles. The fourth-order valence-electron chi connectivity index (χ4n) is 15.9. The van der Waals surface area contributed by atoms with Gasteiger partial charge in [0.15, 0.2) is 5.76 Å². The highest BCUT2D eigenvalue weighted by Crippen LogP contribution is 2.40. The Morgan fingerprint density at radius 1 is 0.464 bits per heavy atom. The molecule has 16 rings (SSSR count). The summed E-state index contributed by atoms with van der Waals surface area (Å²) in [6.45, 7) is 11.1. The number of hydrogen-bond donors (Lipinski definition) is 0. The van der Waals surface area contributed by atoms with Gasteiger partial charge in [0.05, 0.1) is 60.3 Å². The number of nitrogens with zero attached hydrogens (tertiary/aromatic N) is 16. The first-order valence-electron chi connectivity index (χ1n) is 39.8. The van der Waals surface area contributed by atoms with Gasteiger partial charge < -0.3 is 71.5 Å². The van der Waals surface area contributed by atoms with E-state index >= 15 is 0 Å². The second-order valence-corrected chi connectivity index (χ2v) is 32.4. The Bertz CT molecular complexity index is 6250. The van der Waals surface area contributed by atoms with E-state index in [-0.39, 0.29) is 64.2 Å². The Morgan fingerprint density at radius 2 is 0.872 bits per heavy atom. The van der Waals surface area contributed by atoms with Crippen LogP contribution in [0.3, 0.4) is 0 Å². The highest BCUT2D eigenvalue weighted by Gasteiger charge is 2.38. The lowest BCUT2D eigenvalue weighted by atomic mass is 10.0. The molecule has 0 bridgehead atoms. The van der Waals surface area contributed by atoms with Crippen molar-refractivity contribution in [3.63, 3.8) is 0 Å². The van der Waals surface area contributed by atoms with E-state index in [2.05, 4.69) is 0 Å². The molecule has 650 valence electrons. The lowest BCUT2D eigenvalue weighted by molar-refractivity contribution is -0.385. The van der Waals surface area contributed by atoms with Crippen molar-refractivity contribution in [1.29, 1.82) is 0 Å². The summed E-state index contributed by atoms with van der Waals surface area (Å²) in [5.74, 6) is -1.37. The number of furan rings is 1. The van der Waals surface area contributed by atoms with Gasteiger partial charge in [-0.15, -0.1) is 11.3 Å². The van der Waals surface area contributed by atoms with Gasteiger partial charge in [-0.3, -0.25) is 68.7 Å². The predicted molar refractivity (Wildman–Crippen MR) is 478 cm³/mol. The monoisotopic (exact) mass is 1780 g/mol. The molecular formula is C87H86Cl3FN16O17S. The minimum Gasteiger partial charge on any atom is -0.462 e. The summed E-state index contributed by atoms with van der Waals surface area (Å²) >= 11 is 19.6. The first-order valence-corrected chi connectivity index (χ1v) is 41.8. The molecule has 4 aliphatic rings. The second kappa shape index (κ2) is 38.6. The van der Waals surface area contributed by atoms with Gasteiger partial charge in [0, 0.05) is 187 Å². The van der Waals surface area contributed by atoms with E-state index in [1.807, 2.05) is 60.5 Å². The lowest BCUT2D eigenvalue weighted by Crippen LogP contribution is -2.49. The van der Waals surface area contributed by atoms with Crippen LogP contribution in [0, 0.1) is 43.1 Å². The van der Waals surface area contributed by atoms with Crippen LogP contribution < -0.4 is 41.8 Å². The zero-order valence-electron chi connectivity index (χ0n) is 69.0. The number of rotatable bonds is 16. The number of hydrogen-bond acceptors (Lipinski definition) is 23. The molecular weight excluding hydrogens is 1700 g/mol. The molecule has 0 N–H and O–H groups in total. The van der Waals surface area contributed by atoms with Crippen molar-refractivity contribution in [3.05, 3.63) is 289 Å². The average Bonchev–Trinajstić information content (AvgIpc) is 0.923. The molecule has 6 aromatic heterocycles. The van der Waals surface area contributed by atoms with Gasteiger partial charge in [-0.1, -0.05) is 70.7 Å². The van der Waals surface area contributed by atoms with E-state index in [4.69, 9.17) is 44.0 Å². The Labute approximate surface area is 731 Å². The number of ether oxygens (including phenoxy) is 1. The number of esters is 1. The van der Waals surface area contributed by atoms with Crippen LogP contribution in [0.4, 0.5) is 44.2 Å². The van der Waals surface area contributed by atoms with Crippen LogP contribution in [-0.2, 0) is 32.4 Å². The van der Waals surface area contributed by atoms with Gasteiger partial charge in [-0.25, -0.2) is 9.18 Å². The van der Waals surface area contributed by atoms with Crippen molar-refractivity contribution < 1.29 is 52.3 Å². The highest BCUT2D eigenvalue weighted by atomic mass is 35.5. The van der Waals surface area contributed by atoms with Crippen LogP contribution in [0.5, 0.6) is 0 Å². The maximum Gasteiger partial charge on any atom is 0.357 e. The number of carbonyl (C=O) groups excluding carboxylic acids is 5. The summed E-state index contributed by atoms with van der Waals surface area (Å²) in [4.78, 5) is 166. The third-order valence-electron chi connectivity index (χ3n) is 22.2. The Kier molecular flexibility index (Phi) is 27.6. The van der Waals surface area contributed by atoms with Crippen molar-refractivity contribution >= 4 is 159 Å². The quantitative estimate of drug-likeness (QED) is 0.0492. The summed E-state index contributed by atoms with van der Waals surface area (Å²) < 4.78 is 29.1. The highest BCUT2D eigenvalue weighted by molar-refractivity contribution is 7.12. The molecule has 0 spiro atoms. The number of pyridine rings is 4. The van der Waals surface area contributed by atoms with Crippen LogP contribution in [0.1, 0.15) is 63.8 Å². The van der Waals surface area contributed by atoms with Crippen molar-refractivity contribution in [3.8, 4) is 0 Å². The first kappa shape index (κ1) is 89.4. The van der Waals surface area contributed by atoms with E-state index in [9.17, 15) is 77.9 Å². The molecule has 33 nitrogen and oxygen atoms in total. The summed E-state index contributed by atoms with van der Waals surface area (Å²) in [5, 5.41) is 41.0. The van der Waals surface area contributed by atoms with E-state index in [0.717, 1.165) is 16.5 Å². The van der Waals surface area contributed by atoms with Crippen molar-refractivity contribution in [2.24, 2.45) is 21.1 Å². The van der Waals surface area contributed by atoms with Crippen molar-refractivity contribution in [2.75, 3.05) is 152 Å². The number of aromatic nitrogens is 4. The van der Waals surface area contributed by atoms with Crippen LogP contribution in [0.25, 0.3) is 43.6 Å². The summed E-state index contributed by atoms with van der Waals surface area (Å²) in [6, 6.07) is 41.9. The van der Waals surface area contributed by atoms with Gasteiger partial charge in [-0.05, 0) is 155 Å². The molecule has 0 radical (unpaired) electrons. The zero-order valence-corrected chi connectivity index (χ0v) is 72.1. The molecule has 4 aliphatic heterocycles. The molecule has 0 saturated carbocycles. The zero-order chi connectivity index (χ0) is 89.5. The summed E-state index contributed by atoms with van der Waals surface area (Å²) in [5.41, 5.74) is 2.10. The maximum atomic E-state index is 13.8. The number of carbonyl (C=O) groups is 5. The number of thiophene rings is 1. The molecule has 125 heavy (non-hydrogen) atoms.